The van der Waals surface area contributed by atoms with Crippen molar-refractivity contribution in [3.8, 4) is 0 Å². The Morgan fingerprint density at radius 2 is 1.91 bits per heavy atom. The number of thiazole rings is 1. The molecule has 0 atom stereocenters. The molecule has 5 heteroatoms. The van der Waals surface area contributed by atoms with Gasteiger partial charge in [-0.3, -0.25) is 4.79 Å². The second kappa shape index (κ2) is 6.07. The molecule has 0 fully saturated rings. The third-order valence-corrected chi connectivity index (χ3v) is 4.88. The Balaban J connectivity index is 1.75. The average Bonchev–Trinajstić information content (AvgIpc) is 2.93. The van der Waals surface area contributed by atoms with Crippen molar-refractivity contribution in [2.24, 2.45) is 0 Å². The zero-order valence-corrected chi connectivity index (χ0v) is 13.9. The number of carbonyl (C=O) groups is 1. The highest BCUT2D eigenvalue weighted by Gasteiger charge is 2.10. The Labute approximate surface area is 138 Å². The number of aryl methyl sites for hydroxylation is 2. The van der Waals surface area contributed by atoms with Crippen molar-refractivity contribution in [2.45, 2.75) is 13.8 Å². The summed E-state index contributed by atoms with van der Waals surface area (Å²) < 4.78 is 1.13. The van der Waals surface area contributed by atoms with Gasteiger partial charge in [-0.2, -0.15) is 0 Å². The highest BCUT2D eigenvalue weighted by Crippen LogP contribution is 2.29. The minimum Gasteiger partial charge on any atom is -0.354 e. The number of carbonyl (C=O) groups excluding carboxylic acids is 1. The smallest absolute Gasteiger partial charge is 0.184 e. The number of ketones is 1. The van der Waals surface area contributed by atoms with Crippen molar-refractivity contribution >= 4 is 44.1 Å². The normalized spacial score (nSPS) is 10.9. The van der Waals surface area contributed by atoms with Crippen LogP contribution in [-0.2, 0) is 0 Å². The second-order valence-electron chi connectivity index (χ2n) is 5.16. The van der Waals surface area contributed by atoms with E-state index in [9.17, 15) is 4.79 Å². The molecule has 0 bridgehead atoms. The molecule has 0 aliphatic rings. The topological polar surface area (TPSA) is 42.0 Å². The highest BCUT2D eigenvalue weighted by atomic mass is 35.5. The summed E-state index contributed by atoms with van der Waals surface area (Å²) in [5.41, 5.74) is 4.06. The van der Waals surface area contributed by atoms with Crippen molar-refractivity contribution in [3.63, 3.8) is 0 Å². The largest absolute Gasteiger partial charge is 0.354 e. The molecule has 0 spiro atoms. The van der Waals surface area contributed by atoms with Gasteiger partial charge in [-0.05, 0) is 55.3 Å². The fraction of sp³-hybridized carbons (Fsp3) is 0.176. The van der Waals surface area contributed by atoms with Gasteiger partial charge in [0.25, 0.3) is 0 Å². The monoisotopic (exact) mass is 330 g/mol. The van der Waals surface area contributed by atoms with Crippen LogP contribution in [0.4, 0.5) is 5.13 Å². The summed E-state index contributed by atoms with van der Waals surface area (Å²) in [7, 11) is 0. The first-order valence-electron chi connectivity index (χ1n) is 6.94. The number of fused-ring (bicyclic) bond motifs is 1. The van der Waals surface area contributed by atoms with Gasteiger partial charge < -0.3 is 5.32 Å². The molecule has 3 aromatic rings. The van der Waals surface area contributed by atoms with Gasteiger partial charge in [0.15, 0.2) is 10.9 Å². The minimum atomic E-state index is 0.0174. The molecule has 0 unspecified atom stereocenters. The van der Waals surface area contributed by atoms with Crippen LogP contribution in [0.5, 0.6) is 0 Å². The van der Waals surface area contributed by atoms with Crippen molar-refractivity contribution in [3.05, 3.63) is 58.1 Å². The number of Topliss-reactive ketones (excluding diaryl/α,β-unsaturated/α-hetero) is 1. The van der Waals surface area contributed by atoms with Crippen LogP contribution in [0.2, 0.25) is 5.02 Å². The van der Waals surface area contributed by atoms with Crippen LogP contribution in [0.15, 0.2) is 36.4 Å². The molecule has 0 radical (unpaired) electrons. The van der Waals surface area contributed by atoms with Gasteiger partial charge >= 0.3 is 0 Å². The first-order chi connectivity index (χ1) is 10.5. The van der Waals surface area contributed by atoms with Crippen LogP contribution in [0.25, 0.3) is 10.2 Å². The molecule has 3 rings (SSSR count). The minimum absolute atomic E-state index is 0.0174. The van der Waals surface area contributed by atoms with E-state index >= 15 is 0 Å². The summed E-state index contributed by atoms with van der Waals surface area (Å²) in [6, 6.07) is 11.1. The van der Waals surface area contributed by atoms with Crippen molar-refractivity contribution in [1.82, 2.24) is 4.98 Å². The number of halogens is 1. The molecular formula is C17H15ClN2OS. The summed E-state index contributed by atoms with van der Waals surface area (Å²) in [5, 5.41) is 4.51. The fourth-order valence-electron chi connectivity index (χ4n) is 2.20. The number of nitrogens with zero attached hydrogens (tertiary/aromatic N) is 1. The third-order valence-electron chi connectivity index (χ3n) is 3.65. The number of anilines is 1. The van der Waals surface area contributed by atoms with Gasteiger partial charge in [-0.25, -0.2) is 4.98 Å². The molecule has 0 aliphatic heterocycles. The first kappa shape index (κ1) is 15.0. The molecule has 22 heavy (non-hydrogen) atoms. The molecule has 3 nitrogen and oxygen atoms in total. The summed E-state index contributed by atoms with van der Waals surface area (Å²) in [6.45, 7) is 4.37. The zero-order valence-electron chi connectivity index (χ0n) is 12.3. The maximum Gasteiger partial charge on any atom is 0.184 e. The van der Waals surface area contributed by atoms with Crippen LogP contribution in [-0.4, -0.2) is 17.3 Å². The van der Waals surface area contributed by atoms with E-state index in [1.54, 1.807) is 35.6 Å². The van der Waals surface area contributed by atoms with Crippen molar-refractivity contribution < 1.29 is 4.79 Å². The third kappa shape index (κ3) is 2.98. The van der Waals surface area contributed by atoms with E-state index in [1.807, 2.05) is 0 Å². The maximum atomic E-state index is 12.1. The molecule has 0 saturated heterocycles. The summed E-state index contributed by atoms with van der Waals surface area (Å²) in [5.74, 6) is 0.0174. The summed E-state index contributed by atoms with van der Waals surface area (Å²) in [6.07, 6.45) is 0. The van der Waals surface area contributed by atoms with Crippen LogP contribution < -0.4 is 5.32 Å². The van der Waals surface area contributed by atoms with Gasteiger partial charge in [0.2, 0.25) is 0 Å². The summed E-state index contributed by atoms with van der Waals surface area (Å²) in [4.78, 5) is 16.7. The molecule has 0 amide bonds. The van der Waals surface area contributed by atoms with Gasteiger partial charge in [0.1, 0.15) is 0 Å². The maximum absolute atomic E-state index is 12.1. The number of benzene rings is 2. The van der Waals surface area contributed by atoms with Gasteiger partial charge in [-0.1, -0.05) is 29.0 Å². The number of nitrogens with one attached hydrogen (secondary N) is 1. The van der Waals surface area contributed by atoms with Crippen LogP contribution in [0.1, 0.15) is 21.5 Å². The van der Waals surface area contributed by atoms with E-state index in [0.29, 0.717) is 10.6 Å². The lowest BCUT2D eigenvalue weighted by Crippen LogP contribution is -2.13. The van der Waals surface area contributed by atoms with Crippen LogP contribution in [0.3, 0.4) is 0 Å². The molecule has 1 heterocycles. The van der Waals surface area contributed by atoms with Crippen molar-refractivity contribution in [2.75, 3.05) is 11.9 Å². The molecule has 1 aromatic heterocycles. The number of aromatic nitrogens is 1. The Kier molecular flexibility index (Phi) is 4.14. The number of hydrogen-bond donors (Lipinski definition) is 1. The lowest BCUT2D eigenvalue weighted by molar-refractivity contribution is 0.101. The Morgan fingerprint density at radius 3 is 2.64 bits per heavy atom. The Bertz CT molecular complexity index is 840. The van der Waals surface area contributed by atoms with E-state index < -0.39 is 0 Å². The summed E-state index contributed by atoms with van der Waals surface area (Å²) >= 11 is 7.39. The quantitative estimate of drug-likeness (QED) is 0.694. The SMILES string of the molecule is Cc1ccc2sc(NCC(=O)c3ccc(Cl)cc3)nc2c1C. The van der Waals surface area contributed by atoms with Gasteiger partial charge in [-0.15, -0.1) is 0 Å². The van der Waals surface area contributed by atoms with E-state index in [0.717, 1.165) is 15.3 Å². The van der Waals surface area contributed by atoms with Crippen LogP contribution >= 0.6 is 22.9 Å². The predicted octanol–water partition coefficient (Wildman–Crippen LogP) is 4.86. The lowest BCUT2D eigenvalue weighted by atomic mass is 10.1. The molecular weight excluding hydrogens is 316 g/mol. The van der Waals surface area contributed by atoms with E-state index in [4.69, 9.17) is 11.6 Å². The van der Waals surface area contributed by atoms with Crippen LogP contribution in [0, 0.1) is 13.8 Å². The molecule has 1 N–H and O–H groups in total. The fourth-order valence-corrected chi connectivity index (χ4v) is 3.24. The number of rotatable bonds is 4. The average molecular weight is 331 g/mol. The Hall–Kier alpha value is -1.91. The van der Waals surface area contributed by atoms with Crippen molar-refractivity contribution in [1.29, 1.82) is 0 Å². The molecule has 112 valence electrons. The van der Waals surface area contributed by atoms with E-state index in [2.05, 4.69) is 36.3 Å². The zero-order chi connectivity index (χ0) is 15.7. The standard InChI is InChI=1S/C17H15ClN2OS/c1-10-3-8-15-16(11(10)2)20-17(22-15)19-9-14(21)12-4-6-13(18)7-5-12/h3-8H,9H2,1-2H3,(H,19,20). The van der Waals surface area contributed by atoms with E-state index in [-0.39, 0.29) is 12.3 Å². The van der Waals surface area contributed by atoms with Gasteiger partial charge in [0, 0.05) is 10.6 Å². The second-order valence-corrected chi connectivity index (χ2v) is 6.62. The van der Waals surface area contributed by atoms with E-state index in [1.165, 1.54) is 11.1 Å². The Morgan fingerprint density at radius 1 is 1.18 bits per heavy atom. The number of hydrogen-bond acceptors (Lipinski definition) is 4. The molecule has 0 aliphatic carbocycles. The molecule has 2 aromatic carbocycles. The lowest BCUT2D eigenvalue weighted by Gasteiger charge is -2.02. The first-order valence-corrected chi connectivity index (χ1v) is 8.13. The predicted molar refractivity (Wildman–Crippen MR) is 93.4 cm³/mol. The van der Waals surface area contributed by atoms with Gasteiger partial charge in [0.05, 0.1) is 16.8 Å². The molecule has 0 saturated carbocycles. The highest BCUT2D eigenvalue weighted by molar-refractivity contribution is 7.22.